The normalized spacial score (nSPS) is 15.3. The Balaban J connectivity index is 1.51. The van der Waals surface area contributed by atoms with Gasteiger partial charge in [-0.2, -0.15) is 0 Å². The van der Waals surface area contributed by atoms with E-state index in [4.69, 9.17) is 0 Å². The number of hydrogen-bond acceptors (Lipinski definition) is 1. The first-order valence-electron chi connectivity index (χ1n) is 14.5. The second kappa shape index (κ2) is 8.34. The smallest absolute Gasteiger partial charge is 0.364 e. The lowest BCUT2D eigenvalue weighted by molar-refractivity contribution is 0.633. The maximum Gasteiger partial charge on any atom is 0.364 e. The standard InChI is InChI=1S/C38H24N.CH3.Al/c39-35-23-11-22-34-36(35)26-14-3-6-17-29(26)38(34)32-20-9-7-18-30(32)37(31-19-8-10-21-33(31)38)27-15-4-1-12-24(27)25-13-2-5-16-28(25)37;;/h1-23,39H;1H3;/q-1;;+1. The highest BCUT2D eigenvalue weighted by atomic mass is 27.1. The molecule has 0 fully saturated rings. The van der Waals surface area contributed by atoms with E-state index in [1.165, 1.54) is 72.4 Å². The van der Waals surface area contributed by atoms with Gasteiger partial charge in [-0.15, -0.1) is 0 Å². The van der Waals surface area contributed by atoms with Gasteiger partial charge in [0.2, 0.25) is 0 Å². The molecule has 3 aliphatic carbocycles. The molecule has 0 unspecified atom stereocenters. The summed E-state index contributed by atoms with van der Waals surface area (Å²) in [7, 11) is 0. The number of hydrogen-bond donors (Lipinski definition) is 1. The first-order valence-corrected chi connectivity index (χ1v) is 16.2. The van der Waals surface area contributed by atoms with Crippen molar-refractivity contribution < 1.29 is 0 Å². The quantitative estimate of drug-likeness (QED) is 0.218. The van der Waals surface area contributed by atoms with Crippen LogP contribution >= 0.6 is 0 Å². The molecule has 0 bridgehead atoms. The average molecular weight is 537 g/mol. The molecule has 2 heteroatoms. The van der Waals surface area contributed by atoms with Gasteiger partial charge in [0.25, 0.3) is 0 Å². The van der Waals surface area contributed by atoms with E-state index >= 15 is 0 Å². The lowest BCUT2D eigenvalue weighted by atomic mass is 9.52. The summed E-state index contributed by atoms with van der Waals surface area (Å²) in [6, 6.07) is 52.8. The predicted molar refractivity (Wildman–Crippen MR) is 170 cm³/mol. The van der Waals surface area contributed by atoms with Gasteiger partial charge in [0, 0.05) is 11.3 Å². The first-order chi connectivity index (χ1) is 20.3. The molecule has 1 N–H and O–H groups in total. The summed E-state index contributed by atoms with van der Waals surface area (Å²) in [6.45, 7) is 0. The molecule has 0 heterocycles. The molecule has 0 atom stereocenters. The molecule has 0 aliphatic heterocycles. The zero-order chi connectivity index (χ0) is 27.2. The second-order valence-electron chi connectivity index (χ2n) is 11.4. The fourth-order valence-corrected chi connectivity index (χ4v) is 9.12. The van der Waals surface area contributed by atoms with Crippen LogP contribution < -0.4 is 4.30 Å². The Kier molecular flexibility index (Phi) is 4.75. The Bertz CT molecular complexity index is 1940. The summed E-state index contributed by atoms with van der Waals surface area (Å²) in [5.74, 6) is 2.26. The molecule has 6 aromatic rings. The highest BCUT2D eigenvalue weighted by molar-refractivity contribution is 6.39. The third-order valence-corrected chi connectivity index (χ3v) is 10.4. The van der Waals surface area contributed by atoms with E-state index in [1.54, 1.807) is 0 Å². The van der Waals surface area contributed by atoms with Crippen LogP contribution in [0.25, 0.3) is 22.3 Å². The van der Waals surface area contributed by atoms with E-state index < -0.39 is 5.41 Å². The number of fused-ring (bicyclic) bond motifs is 16. The lowest BCUT2D eigenvalue weighted by Crippen LogP contribution is -2.43. The van der Waals surface area contributed by atoms with Gasteiger partial charge >= 0.3 is 15.4 Å². The maximum atomic E-state index is 3.78. The predicted octanol–water partition coefficient (Wildman–Crippen LogP) is 8.81. The maximum absolute atomic E-state index is 3.78. The van der Waals surface area contributed by atoms with Crippen LogP contribution in [0.2, 0.25) is 5.79 Å². The number of rotatable bonds is 2. The summed E-state index contributed by atoms with van der Waals surface area (Å²) in [5, 5.41) is 0. The Morgan fingerprint density at radius 2 is 0.756 bits per heavy atom. The van der Waals surface area contributed by atoms with Crippen LogP contribution in [-0.4, -0.2) is 15.4 Å². The molecular weight excluding hydrogens is 509 g/mol. The van der Waals surface area contributed by atoms with Crippen molar-refractivity contribution in [1.29, 1.82) is 0 Å². The van der Waals surface area contributed by atoms with Crippen LogP contribution in [0, 0.1) is 0 Å². The van der Waals surface area contributed by atoms with Crippen molar-refractivity contribution in [3.05, 3.63) is 184 Å². The molecule has 2 spiro atoms. The number of nitrogens with one attached hydrogen (secondary N) is 1. The highest BCUT2D eigenvalue weighted by Gasteiger charge is 2.58. The molecule has 191 valence electrons. The number of anilines is 1. The zero-order valence-electron chi connectivity index (χ0n) is 22.9. The van der Waals surface area contributed by atoms with Crippen LogP contribution in [0.4, 0.5) is 5.69 Å². The molecule has 0 aromatic heterocycles. The lowest BCUT2D eigenvalue weighted by Gasteiger charge is -2.48. The van der Waals surface area contributed by atoms with Gasteiger partial charge < -0.3 is 4.30 Å². The van der Waals surface area contributed by atoms with Gasteiger partial charge in [-0.05, 0) is 67.3 Å². The fourth-order valence-electron chi connectivity index (χ4n) is 8.56. The van der Waals surface area contributed by atoms with Gasteiger partial charge in [0.15, 0.2) is 0 Å². The molecule has 0 amide bonds. The third-order valence-electron chi connectivity index (χ3n) is 9.79. The van der Waals surface area contributed by atoms with E-state index in [-0.39, 0.29) is 20.9 Å². The van der Waals surface area contributed by atoms with Gasteiger partial charge in [-0.3, -0.25) is 0 Å². The number of benzene rings is 6. The van der Waals surface area contributed by atoms with Crippen molar-refractivity contribution in [2.75, 3.05) is 4.30 Å². The van der Waals surface area contributed by atoms with Crippen LogP contribution in [0.15, 0.2) is 140 Å². The molecule has 1 nitrogen and oxygen atoms in total. The van der Waals surface area contributed by atoms with Gasteiger partial charge in [-0.1, -0.05) is 139 Å². The van der Waals surface area contributed by atoms with Crippen LogP contribution in [-0.2, 0) is 10.8 Å². The van der Waals surface area contributed by atoms with Crippen molar-refractivity contribution in [1.82, 2.24) is 0 Å². The largest absolute Gasteiger partial charge is 0.482 e. The van der Waals surface area contributed by atoms with Crippen molar-refractivity contribution in [2.24, 2.45) is 0 Å². The molecule has 3 aliphatic rings. The molecular formula is C39H27AlN. The van der Waals surface area contributed by atoms with Gasteiger partial charge in [-0.25, -0.2) is 0 Å². The summed E-state index contributed by atoms with van der Waals surface area (Å²) in [4.78, 5) is 0. The van der Waals surface area contributed by atoms with E-state index in [2.05, 4.69) is 150 Å². The van der Waals surface area contributed by atoms with Gasteiger partial charge in [0.1, 0.15) is 0 Å². The minimum atomic E-state index is -0.405. The summed E-state index contributed by atoms with van der Waals surface area (Å²) in [6.07, 6.45) is 0. The Hall–Kier alpha value is -4.35. The minimum absolute atomic E-state index is 0.117. The van der Waals surface area contributed by atoms with Crippen LogP contribution in [0.3, 0.4) is 0 Å². The summed E-state index contributed by atoms with van der Waals surface area (Å²) in [5.41, 5.74) is 16.9. The van der Waals surface area contributed by atoms with E-state index in [0.29, 0.717) is 0 Å². The summed E-state index contributed by atoms with van der Waals surface area (Å²) < 4.78 is 3.78. The summed E-state index contributed by atoms with van der Waals surface area (Å²) >= 11 is 0.117. The zero-order valence-corrected chi connectivity index (χ0v) is 24.0. The van der Waals surface area contributed by atoms with Crippen molar-refractivity contribution in [3.63, 3.8) is 0 Å². The van der Waals surface area contributed by atoms with Crippen molar-refractivity contribution in [3.8, 4) is 22.3 Å². The first kappa shape index (κ1) is 23.4. The molecule has 41 heavy (non-hydrogen) atoms. The Morgan fingerprint density at radius 1 is 0.390 bits per heavy atom. The minimum Gasteiger partial charge on any atom is -0.482 e. The molecule has 0 saturated carbocycles. The Labute approximate surface area is 247 Å². The fraction of sp³-hybridized carbons (Fsp3) is 0.0769. The average Bonchev–Trinajstić information content (AvgIpc) is 3.50. The third kappa shape index (κ3) is 2.64. The van der Waals surface area contributed by atoms with E-state index in [9.17, 15) is 0 Å². The van der Waals surface area contributed by atoms with Crippen molar-refractivity contribution >= 4 is 21.1 Å². The van der Waals surface area contributed by atoms with Crippen LogP contribution in [0.5, 0.6) is 0 Å². The van der Waals surface area contributed by atoms with Crippen LogP contribution in [0.1, 0.15) is 44.5 Å². The van der Waals surface area contributed by atoms with E-state index in [1.807, 2.05) is 0 Å². The molecule has 6 aromatic carbocycles. The monoisotopic (exact) mass is 536 g/mol. The van der Waals surface area contributed by atoms with Crippen molar-refractivity contribution in [2.45, 2.75) is 16.6 Å². The molecule has 1 radical (unpaired) electrons. The topological polar surface area (TPSA) is 12.0 Å². The molecule has 9 rings (SSSR count). The second-order valence-corrected chi connectivity index (χ2v) is 12.3. The van der Waals surface area contributed by atoms with E-state index in [0.717, 1.165) is 0 Å². The SMILES string of the molecule is [CH3][Al][NH]c1cccc2c1-c1ccccc1C21c2ccccc2C2(c3ccccc3-c3ccccc32)c2ccccc21. The molecule has 0 saturated heterocycles. The van der Waals surface area contributed by atoms with Gasteiger partial charge in [0.05, 0.1) is 10.8 Å². The Morgan fingerprint density at radius 3 is 1.24 bits per heavy atom. The highest BCUT2D eigenvalue weighted by Crippen LogP contribution is 2.67.